The first-order chi connectivity index (χ1) is 11.7. The molecule has 126 valence electrons. The van der Waals surface area contributed by atoms with Gasteiger partial charge in [-0.15, -0.1) is 0 Å². The van der Waals surface area contributed by atoms with Gasteiger partial charge in [0, 0.05) is 18.7 Å². The number of hydrogen-bond acceptors (Lipinski definition) is 2. The molecule has 3 heteroatoms. The van der Waals surface area contributed by atoms with E-state index in [1.165, 1.54) is 43.5 Å². The number of nitrogens with zero attached hydrogens (tertiary/aromatic N) is 1. The maximum absolute atomic E-state index is 12.3. The first kappa shape index (κ1) is 16.7. The van der Waals surface area contributed by atoms with Crippen molar-refractivity contribution in [3.63, 3.8) is 0 Å². The summed E-state index contributed by atoms with van der Waals surface area (Å²) in [5.41, 5.74) is 4.36. The Morgan fingerprint density at radius 1 is 0.917 bits per heavy atom. The predicted molar refractivity (Wildman–Crippen MR) is 97.9 cm³/mol. The van der Waals surface area contributed by atoms with Crippen LogP contribution in [-0.2, 0) is 13.1 Å². The monoisotopic (exact) mass is 322 g/mol. The van der Waals surface area contributed by atoms with E-state index in [9.17, 15) is 4.79 Å². The predicted octanol–water partition coefficient (Wildman–Crippen LogP) is 3.91. The molecule has 0 bridgehead atoms. The molecule has 0 spiro atoms. The summed E-state index contributed by atoms with van der Waals surface area (Å²) in [6.45, 7) is 6.01. The van der Waals surface area contributed by atoms with Crippen LogP contribution in [0.5, 0.6) is 0 Å². The van der Waals surface area contributed by atoms with E-state index in [0.717, 1.165) is 17.7 Å². The first-order valence-corrected chi connectivity index (χ1v) is 8.86. The van der Waals surface area contributed by atoms with Gasteiger partial charge in [0.25, 0.3) is 5.91 Å². The zero-order chi connectivity index (χ0) is 16.8. The Balaban J connectivity index is 1.52. The highest BCUT2D eigenvalue weighted by atomic mass is 16.1. The summed E-state index contributed by atoms with van der Waals surface area (Å²) < 4.78 is 0. The Labute approximate surface area is 144 Å². The summed E-state index contributed by atoms with van der Waals surface area (Å²) in [6.07, 6.45) is 3.97. The summed E-state index contributed by atoms with van der Waals surface area (Å²) in [6, 6.07) is 16.3. The Morgan fingerprint density at radius 3 is 2.21 bits per heavy atom. The van der Waals surface area contributed by atoms with E-state index in [4.69, 9.17) is 0 Å². The van der Waals surface area contributed by atoms with Crippen LogP contribution in [0.2, 0.25) is 0 Å². The van der Waals surface area contributed by atoms with Gasteiger partial charge in [-0.2, -0.15) is 0 Å². The number of aryl methyl sites for hydroxylation is 1. The van der Waals surface area contributed by atoms with Gasteiger partial charge in [0.2, 0.25) is 0 Å². The smallest absolute Gasteiger partial charge is 0.251 e. The molecule has 24 heavy (non-hydrogen) atoms. The lowest BCUT2D eigenvalue weighted by molar-refractivity contribution is 0.0951. The van der Waals surface area contributed by atoms with E-state index in [2.05, 4.69) is 53.5 Å². The largest absolute Gasteiger partial charge is 0.348 e. The van der Waals surface area contributed by atoms with Crippen molar-refractivity contribution >= 4 is 5.91 Å². The van der Waals surface area contributed by atoms with Gasteiger partial charge < -0.3 is 5.32 Å². The average Bonchev–Trinajstić information content (AvgIpc) is 2.62. The highest BCUT2D eigenvalue weighted by Gasteiger charge is 2.11. The third-order valence-electron chi connectivity index (χ3n) is 4.64. The van der Waals surface area contributed by atoms with Crippen molar-refractivity contribution in [2.75, 3.05) is 13.1 Å². The minimum atomic E-state index is -0.0138. The fraction of sp³-hybridized carbons (Fsp3) is 0.381. The van der Waals surface area contributed by atoms with Crippen molar-refractivity contribution in [3.8, 4) is 0 Å². The Hall–Kier alpha value is -2.13. The fourth-order valence-electron chi connectivity index (χ4n) is 3.13. The highest BCUT2D eigenvalue weighted by Crippen LogP contribution is 2.13. The van der Waals surface area contributed by atoms with E-state index in [1.54, 1.807) is 0 Å². The van der Waals surface area contributed by atoms with Crippen LogP contribution in [0.25, 0.3) is 0 Å². The van der Waals surface area contributed by atoms with Gasteiger partial charge in [0.15, 0.2) is 0 Å². The maximum Gasteiger partial charge on any atom is 0.251 e. The van der Waals surface area contributed by atoms with Crippen LogP contribution in [0.15, 0.2) is 48.5 Å². The molecule has 2 aromatic rings. The Morgan fingerprint density at radius 2 is 1.54 bits per heavy atom. The van der Waals surface area contributed by atoms with Gasteiger partial charge in [0.1, 0.15) is 0 Å². The van der Waals surface area contributed by atoms with E-state index in [1.807, 2.05) is 12.1 Å². The first-order valence-electron chi connectivity index (χ1n) is 8.86. The third kappa shape index (κ3) is 4.68. The second kappa shape index (κ2) is 8.11. The summed E-state index contributed by atoms with van der Waals surface area (Å²) in [5.74, 6) is -0.0138. The number of rotatable bonds is 5. The molecule has 0 atom stereocenters. The Kier molecular flexibility index (Phi) is 5.65. The summed E-state index contributed by atoms with van der Waals surface area (Å²) in [7, 11) is 0. The molecule has 2 aromatic carbocycles. The van der Waals surface area contributed by atoms with E-state index in [0.29, 0.717) is 6.54 Å². The third-order valence-corrected chi connectivity index (χ3v) is 4.64. The molecule has 1 fully saturated rings. The summed E-state index contributed by atoms with van der Waals surface area (Å²) >= 11 is 0. The molecule has 3 rings (SSSR count). The average molecular weight is 322 g/mol. The van der Waals surface area contributed by atoms with Crippen LogP contribution in [0.4, 0.5) is 0 Å². The number of benzene rings is 2. The van der Waals surface area contributed by atoms with Crippen LogP contribution >= 0.6 is 0 Å². The van der Waals surface area contributed by atoms with Gasteiger partial charge in [0.05, 0.1) is 0 Å². The number of carbonyl (C=O) groups excluding carboxylic acids is 1. The standard InChI is InChI=1S/C21H26N2O/c1-17-5-7-18(8-6-17)15-22-21(24)20-11-9-19(10-12-20)16-23-13-3-2-4-14-23/h5-12H,2-4,13-16H2,1H3,(H,22,24). The van der Waals surface area contributed by atoms with E-state index >= 15 is 0 Å². The quantitative estimate of drug-likeness (QED) is 0.905. The van der Waals surface area contributed by atoms with Crippen LogP contribution in [0.1, 0.15) is 46.3 Å². The lowest BCUT2D eigenvalue weighted by Crippen LogP contribution is -2.29. The van der Waals surface area contributed by atoms with Gasteiger partial charge in [-0.25, -0.2) is 0 Å². The molecule has 1 amide bonds. The molecule has 0 unspecified atom stereocenters. The molecule has 1 aliphatic heterocycles. The molecule has 1 aliphatic rings. The molecular weight excluding hydrogens is 296 g/mol. The van der Waals surface area contributed by atoms with Crippen molar-refractivity contribution in [1.82, 2.24) is 10.2 Å². The van der Waals surface area contributed by atoms with Crippen LogP contribution in [0, 0.1) is 6.92 Å². The summed E-state index contributed by atoms with van der Waals surface area (Å²) in [5, 5.41) is 2.99. The van der Waals surface area contributed by atoms with Crippen molar-refractivity contribution in [2.45, 2.75) is 39.3 Å². The highest BCUT2D eigenvalue weighted by molar-refractivity contribution is 5.94. The zero-order valence-corrected chi connectivity index (χ0v) is 14.4. The number of nitrogens with one attached hydrogen (secondary N) is 1. The number of amides is 1. The van der Waals surface area contributed by atoms with Crippen LogP contribution in [0.3, 0.4) is 0 Å². The second-order valence-electron chi connectivity index (χ2n) is 6.70. The number of likely N-dealkylation sites (tertiary alicyclic amines) is 1. The van der Waals surface area contributed by atoms with Gasteiger partial charge in [-0.3, -0.25) is 9.69 Å². The maximum atomic E-state index is 12.3. The number of carbonyl (C=O) groups is 1. The normalized spacial score (nSPS) is 15.2. The summed E-state index contributed by atoms with van der Waals surface area (Å²) in [4.78, 5) is 14.8. The molecule has 1 saturated heterocycles. The molecule has 0 radical (unpaired) electrons. The lowest BCUT2D eigenvalue weighted by atomic mass is 10.1. The minimum absolute atomic E-state index is 0.0138. The molecule has 1 heterocycles. The molecule has 0 aromatic heterocycles. The van der Waals surface area contributed by atoms with E-state index in [-0.39, 0.29) is 5.91 Å². The Bertz CT molecular complexity index is 655. The lowest BCUT2D eigenvalue weighted by Gasteiger charge is -2.26. The van der Waals surface area contributed by atoms with Crippen LogP contribution < -0.4 is 5.32 Å². The molecule has 0 aliphatic carbocycles. The van der Waals surface area contributed by atoms with E-state index < -0.39 is 0 Å². The number of hydrogen-bond donors (Lipinski definition) is 1. The van der Waals surface area contributed by atoms with Gasteiger partial charge >= 0.3 is 0 Å². The van der Waals surface area contributed by atoms with Crippen molar-refractivity contribution < 1.29 is 4.79 Å². The number of piperidine rings is 1. The van der Waals surface area contributed by atoms with Gasteiger partial charge in [-0.1, -0.05) is 48.4 Å². The minimum Gasteiger partial charge on any atom is -0.348 e. The van der Waals surface area contributed by atoms with Crippen molar-refractivity contribution in [3.05, 3.63) is 70.8 Å². The molecular formula is C21H26N2O. The fourth-order valence-corrected chi connectivity index (χ4v) is 3.13. The molecule has 0 saturated carbocycles. The topological polar surface area (TPSA) is 32.3 Å². The second-order valence-corrected chi connectivity index (χ2v) is 6.70. The SMILES string of the molecule is Cc1ccc(CNC(=O)c2ccc(CN3CCCCC3)cc2)cc1. The molecule has 3 nitrogen and oxygen atoms in total. The zero-order valence-electron chi connectivity index (χ0n) is 14.4. The van der Waals surface area contributed by atoms with Crippen molar-refractivity contribution in [2.24, 2.45) is 0 Å². The molecule has 1 N–H and O–H groups in total. The van der Waals surface area contributed by atoms with Crippen molar-refractivity contribution in [1.29, 1.82) is 0 Å². The van der Waals surface area contributed by atoms with Crippen LogP contribution in [-0.4, -0.2) is 23.9 Å². The van der Waals surface area contributed by atoms with Gasteiger partial charge in [-0.05, 0) is 56.1 Å².